The molecule has 0 saturated carbocycles. The van der Waals surface area contributed by atoms with Crippen LogP contribution in [0, 0.1) is 0 Å². The molecule has 2 amide bonds. The van der Waals surface area contributed by atoms with Gasteiger partial charge in [0, 0.05) is 18.6 Å². The van der Waals surface area contributed by atoms with Gasteiger partial charge in [-0.25, -0.2) is 0 Å². The van der Waals surface area contributed by atoms with E-state index in [9.17, 15) is 9.59 Å². The Morgan fingerprint density at radius 2 is 1.62 bits per heavy atom. The number of carbonyl (C=O) groups excluding carboxylic acids is 2. The van der Waals surface area contributed by atoms with Crippen LogP contribution in [0.15, 0.2) is 24.3 Å². The molecule has 1 saturated heterocycles. The van der Waals surface area contributed by atoms with Crippen LogP contribution in [0.4, 0.5) is 0 Å². The molecule has 3 rings (SSSR count). The molecule has 1 heterocycles. The van der Waals surface area contributed by atoms with Gasteiger partial charge < -0.3 is 10.6 Å². The third-order valence-corrected chi connectivity index (χ3v) is 5.63. The Kier molecular flexibility index (Phi) is 7.30. The third-order valence-electron chi connectivity index (χ3n) is 5.63. The minimum absolute atomic E-state index is 0.0691. The summed E-state index contributed by atoms with van der Waals surface area (Å²) in [5, 5.41) is 6.28. The quantitative estimate of drug-likeness (QED) is 0.795. The summed E-state index contributed by atoms with van der Waals surface area (Å²) in [4.78, 5) is 29.3. The van der Waals surface area contributed by atoms with Crippen molar-refractivity contribution < 1.29 is 9.59 Å². The molecule has 1 aliphatic carbocycles. The molecule has 0 aromatic heterocycles. The number of aryl methyl sites for hydroxylation is 1. The summed E-state index contributed by atoms with van der Waals surface area (Å²) >= 11 is 0. The van der Waals surface area contributed by atoms with E-state index in [2.05, 4.69) is 44.7 Å². The molecule has 0 radical (unpaired) electrons. The first kappa shape index (κ1) is 21.8. The summed E-state index contributed by atoms with van der Waals surface area (Å²) in [5.74, 6) is 0.172. The van der Waals surface area contributed by atoms with Gasteiger partial charge >= 0.3 is 0 Å². The largest absolute Gasteiger partial charge is 0.350 e. The van der Waals surface area contributed by atoms with Crippen LogP contribution in [0.3, 0.4) is 0 Å². The van der Waals surface area contributed by atoms with Gasteiger partial charge in [-0.15, -0.1) is 0 Å². The molecule has 0 bridgehead atoms. The van der Waals surface area contributed by atoms with Crippen LogP contribution in [0.5, 0.6) is 0 Å². The van der Waals surface area contributed by atoms with Crippen molar-refractivity contribution in [2.45, 2.75) is 58.0 Å². The molecule has 2 aliphatic rings. The van der Waals surface area contributed by atoms with Crippen LogP contribution in [0.2, 0.25) is 0 Å². The van der Waals surface area contributed by atoms with E-state index in [1.165, 1.54) is 11.1 Å². The number of carbonyl (C=O) groups is 2. The topological polar surface area (TPSA) is 64.7 Å². The van der Waals surface area contributed by atoms with Gasteiger partial charge in [0.1, 0.15) is 0 Å². The summed E-state index contributed by atoms with van der Waals surface area (Å²) < 4.78 is 0. The van der Waals surface area contributed by atoms with Crippen molar-refractivity contribution in [3.63, 3.8) is 0 Å². The van der Waals surface area contributed by atoms with Crippen molar-refractivity contribution in [3.8, 4) is 0 Å². The second-order valence-electron chi connectivity index (χ2n) is 9.42. The normalized spacial score (nSPS) is 21.1. The second kappa shape index (κ2) is 9.72. The van der Waals surface area contributed by atoms with E-state index in [0.717, 1.165) is 51.9 Å². The fourth-order valence-corrected chi connectivity index (χ4v) is 4.35. The van der Waals surface area contributed by atoms with Gasteiger partial charge in [-0.3, -0.25) is 19.4 Å². The van der Waals surface area contributed by atoms with Crippen molar-refractivity contribution in [2.24, 2.45) is 0 Å². The van der Waals surface area contributed by atoms with Crippen LogP contribution in [-0.2, 0) is 16.0 Å². The minimum atomic E-state index is -0.204. The molecule has 1 aliphatic heterocycles. The van der Waals surface area contributed by atoms with Crippen LogP contribution >= 0.6 is 0 Å². The maximum Gasteiger partial charge on any atom is 0.234 e. The molecule has 1 aromatic carbocycles. The first-order valence-corrected chi connectivity index (χ1v) is 10.9. The number of rotatable bonds is 5. The number of benzene rings is 1. The first-order valence-electron chi connectivity index (χ1n) is 10.9. The Bertz CT molecular complexity index is 713. The highest BCUT2D eigenvalue weighted by Crippen LogP contribution is 2.29. The van der Waals surface area contributed by atoms with E-state index in [-0.39, 0.29) is 23.4 Å². The van der Waals surface area contributed by atoms with E-state index in [1.807, 2.05) is 20.8 Å². The Labute approximate surface area is 175 Å². The Morgan fingerprint density at radius 3 is 2.31 bits per heavy atom. The number of amides is 2. The second-order valence-corrected chi connectivity index (χ2v) is 9.42. The zero-order valence-corrected chi connectivity index (χ0v) is 18.2. The zero-order chi connectivity index (χ0) is 20.9. The summed E-state index contributed by atoms with van der Waals surface area (Å²) in [6.07, 6.45) is 4.21. The van der Waals surface area contributed by atoms with Crippen molar-refractivity contribution in [2.75, 3.05) is 39.3 Å². The van der Waals surface area contributed by atoms with Crippen LogP contribution in [0.25, 0.3) is 0 Å². The van der Waals surface area contributed by atoms with Gasteiger partial charge in [0.25, 0.3) is 0 Å². The predicted molar refractivity (Wildman–Crippen MR) is 116 cm³/mol. The molecule has 6 heteroatoms. The first-order chi connectivity index (χ1) is 13.8. The molecular formula is C23H36N4O2. The maximum atomic E-state index is 12.7. The summed E-state index contributed by atoms with van der Waals surface area (Å²) in [7, 11) is 0. The van der Waals surface area contributed by atoms with Gasteiger partial charge in [-0.05, 0) is 70.7 Å². The average Bonchev–Trinajstić information content (AvgIpc) is 2.85. The van der Waals surface area contributed by atoms with Crippen molar-refractivity contribution >= 4 is 11.8 Å². The SMILES string of the molecule is CC(C)(C)NC(=O)CN1CCCN(CC(=O)N[C@@H]2CCCc3ccccc32)CC1. The van der Waals surface area contributed by atoms with E-state index >= 15 is 0 Å². The fraction of sp³-hybridized carbons (Fsp3) is 0.652. The lowest BCUT2D eigenvalue weighted by Crippen LogP contribution is -2.46. The molecule has 1 fully saturated rings. The van der Waals surface area contributed by atoms with Crippen molar-refractivity contribution in [1.29, 1.82) is 0 Å². The summed E-state index contributed by atoms with van der Waals surface area (Å²) in [5.41, 5.74) is 2.44. The minimum Gasteiger partial charge on any atom is -0.350 e. The highest BCUT2D eigenvalue weighted by atomic mass is 16.2. The highest BCUT2D eigenvalue weighted by molar-refractivity contribution is 5.79. The van der Waals surface area contributed by atoms with Crippen LogP contribution in [0.1, 0.15) is 57.2 Å². The van der Waals surface area contributed by atoms with Crippen molar-refractivity contribution in [3.05, 3.63) is 35.4 Å². The molecule has 160 valence electrons. The molecular weight excluding hydrogens is 364 g/mol. The molecule has 1 aromatic rings. The predicted octanol–water partition coefficient (Wildman–Crippen LogP) is 2.10. The number of nitrogens with one attached hydrogen (secondary N) is 2. The van der Waals surface area contributed by atoms with E-state index in [4.69, 9.17) is 0 Å². The van der Waals surface area contributed by atoms with E-state index in [0.29, 0.717) is 13.1 Å². The van der Waals surface area contributed by atoms with Crippen LogP contribution < -0.4 is 10.6 Å². The molecule has 0 spiro atoms. The van der Waals surface area contributed by atoms with E-state index in [1.54, 1.807) is 0 Å². The van der Waals surface area contributed by atoms with Gasteiger partial charge in [0.2, 0.25) is 11.8 Å². The standard InChI is InChI=1S/C23H36N4O2/c1-23(2,3)25-22(29)17-27-13-7-12-26(14-15-27)16-21(28)24-20-11-6-9-18-8-4-5-10-19(18)20/h4-5,8,10,20H,6-7,9,11-17H2,1-3H3,(H,24,28)(H,25,29)/t20-/m1/s1. The lowest BCUT2D eigenvalue weighted by atomic mass is 9.88. The molecule has 0 unspecified atom stereocenters. The third kappa shape index (κ3) is 6.82. The van der Waals surface area contributed by atoms with E-state index < -0.39 is 0 Å². The Balaban J connectivity index is 1.46. The number of nitrogens with zero attached hydrogens (tertiary/aromatic N) is 2. The Morgan fingerprint density at radius 1 is 0.966 bits per heavy atom. The molecule has 6 nitrogen and oxygen atoms in total. The monoisotopic (exact) mass is 400 g/mol. The maximum absolute atomic E-state index is 12.7. The van der Waals surface area contributed by atoms with Crippen molar-refractivity contribution in [1.82, 2.24) is 20.4 Å². The number of hydrogen-bond donors (Lipinski definition) is 2. The highest BCUT2D eigenvalue weighted by Gasteiger charge is 2.24. The number of fused-ring (bicyclic) bond motifs is 1. The molecule has 29 heavy (non-hydrogen) atoms. The number of hydrogen-bond acceptors (Lipinski definition) is 4. The average molecular weight is 401 g/mol. The zero-order valence-electron chi connectivity index (χ0n) is 18.2. The van der Waals surface area contributed by atoms with Gasteiger partial charge in [-0.1, -0.05) is 24.3 Å². The van der Waals surface area contributed by atoms with Gasteiger partial charge in [0.05, 0.1) is 19.1 Å². The van der Waals surface area contributed by atoms with Crippen LogP contribution in [-0.4, -0.2) is 66.4 Å². The molecule has 2 N–H and O–H groups in total. The summed E-state index contributed by atoms with van der Waals surface area (Å²) in [6, 6.07) is 8.59. The summed E-state index contributed by atoms with van der Waals surface area (Å²) in [6.45, 7) is 10.3. The smallest absolute Gasteiger partial charge is 0.234 e. The Hall–Kier alpha value is -1.92. The molecule has 1 atom stereocenters. The van der Waals surface area contributed by atoms with Gasteiger partial charge in [-0.2, -0.15) is 0 Å². The van der Waals surface area contributed by atoms with Gasteiger partial charge in [0.15, 0.2) is 0 Å². The fourth-order valence-electron chi connectivity index (χ4n) is 4.35. The lowest BCUT2D eigenvalue weighted by Gasteiger charge is -2.28. The lowest BCUT2D eigenvalue weighted by molar-refractivity contribution is -0.124.